The number of hydrogen-bond donors (Lipinski definition) is 0. The number of thioether (sulfide) groups is 1. The molecule has 0 bridgehead atoms. The maximum Gasteiger partial charge on any atom is 0.262 e. The molecule has 2 heterocycles. The van der Waals surface area contributed by atoms with Crippen molar-refractivity contribution in [1.29, 1.82) is 0 Å². The summed E-state index contributed by atoms with van der Waals surface area (Å²) in [5.41, 5.74) is 3.53. The Bertz CT molecular complexity index is 1290. The maximum absolute atomic E-state index is 12.9. The average Bonchev–Trinajstić information content (AvgIpc) is 3.13. The second kappa shape index (κ2) is 7.83. The molecule has 0 aliphatic carbocycles. The Balaban J connectivity index is 1.75. The molecule has 0 atom stereocenters. The number of aromatic nitrogens is 4. The lowest BCUT2D eigenvalue weighted by molar-refractivity contribution is 0.102. The predicted molar refractivity (Wildman–Crippen MR) is 116 cm³/mol. The molecule has 7 heteroatoms. The number of rotatable bonds is 6. The second-order valence-electron chi connectivity index (χ2n) is 7.12. The SMILES string of the molecule is CCCn1c(=O)c2ccccc2n2c(SCC(=O)c3ccc(C)cc3C)nnc12. The number of ketones is 1. The monoisotopic (exact) mass is 406 g/mol. The van der Waals surface area contributed by atoms with Crippen molar-refractivity contribution in [2.75, 3.05) is 5.75 Å². The van der Waals surface area contributed by atoms with Crippen LogP contribution in [0.4, 0.5) is 0 Å². The van der Waals surface area contributed by atoms with Crippen LogP contribution in [0.2, 0.25) is 0 Å². The molecule has 0 aliphatic heterocycles. The summed E-state index contributed by atoms with van der Waals surface area (Å²) in [6.45, 7) is 6.55. The topological polar surface area (TPSA) is 69.3 Å². The van der Waals surface area contributed by atoms with Crippen molar-refractivity contribution < 1.29 is 4.79 Å². The van der Waals surface area contributed by atoms with Gasteiger partial charge in [-0.3, -0.25) is 18.6 Å². The summed E-state index contributed by atoms with van der Waals surface area (Å²) in [6.07, 6.45) is 0.814. The average molecular weight is 407 g/mol. The van der Waals surface area contributed by atoms with Gasteiger partial charge in [0.25, 0.3) is 5.56 Å². The molecule has 0 aliphatic rings. The normalized spacial score (nSPS) is 11.4. The smallest absolute Gasteiger partial charge is 0.262 e. The van der Waals surface area contributed by atoms with E-state index in [1.807, 2.05) is 67.6 Å². The van der Waals surface area contributed by atoms with Gasteiger partial charge in [-0.15, -0.1) is 10.2 Å². The first-order chi connectivity index (χ1) is 14.0. The van der Waals surface area contributed by atoms with Gasteiger partial charge in [0, 0.05) is 12.1 Å². The first-order valence-electron chi connectivity index (χ1n) is 9.61. The van der Waals surface area contributed by atoms with Crippen LogP contribution in [0.5, 0.6) is 0 Å². The van der Waals surface area contributed by atoms with Crippen LogP contribution in [0.25, 0.3) is 16.7 Å². The Morgan fingerprint density at radius 1 is 1.10 bits per heavy atom. The van der Waals surface area contributed by atoms with Gasteiger partial charge in [0.1, 0.15) is 0 Å². The third-order valence-corrected chi connectivity index (χ3v) is 5.87. The molecule has 0 saturated carbocycles. The molecule has 0 unspecified atom stereocenters. The van der Waals surface area contributed by atoms with E-state index >= 15 is 0 Å². The van der Waals surface area contributed by atoms with Gasteiger partial charge >= 0.3 is 0 Å². The molecule has 0 N–H and O–H groups in total. The van der Waals surface area contributed by atoms with E-state index in [2.05, 4.69) is 10.2 Å². The van der Waals surface area contributed by atoms with Crippen LogP contribution in [0.3, 0.4) is 0 Å². The van der Waals surface area contributed by atoms with Gasteiger partial charge in [0.05, 0.1) is 16.7 Å². The van der Waals surface area contributed by atoms with E-state index in [0.717, 1.165) is 28.6 Å². The Morgan fingerprint density at radius 3 is 2.66 bits per heavy atom. The molecule has 0 saturated heterocycles. The zero-order valence-corrected chi connectivity index (χ0v) is 17.5. The van der Waals surface area contributed by atoms with Crippen molar-refractivity contribution >= 4 is 34.2 Å². The first-order valence-corrected chi connectivity index (χ1v) is 10.6. The van der Waals surface area contributed by atoms with Crippen molar-refractivity contribution in [3.63, 3.8) is 0 Å². The van der Waals surface area contributed by atoms with Gasteiger partial charge < -0.3 is 0 Å². The third-order valence-electron chi connectivity index (χ3n) is 4.94. The van der Waals surface area contributed by atoms with Gasteiger partial charge in [-0.05, 0) is 38.0 Å². The lowest BCUT2D eigenvalue weighted by Gasteiger charge is -2.10. The van der Waals surface area contributed by atoms with Crippen LogP contribution >= 0.6 is 11.8 Å². The van der Waals surface area contributed by atoms with Gasteiger partial charge in [0.15, 0.2) is 10.9 Å². The fraction of sp³-hybridized carbons (Fsp3) is 0.273. The third kappa shape index (κ3) is 3.46. The number of nitrogens with zero attached hydrogens (tertiary/aromatic N) is 4. The molecular formula is C22H22N4O2S. The summed E-state index contributed by atoms with van der Waals surface area (Å²) in [6, 6.07) is 13.3. The van der Waals surface area contributed by atoms with E-state index in [1.165, 1.54) is 11.8 Å². The van der Waals surface area contributed by atoms with Gasteiger partial charge in [-0.25, -0.2) is 0 Å². The lowest BCUT2D eigenvalue weighted by Crippen LogP contribution is -2.23. The van der Waals surface area contributed by atoms with Crippen LogP contribution < -0.4 is 5.56 Å². The summed E-state index contributed by atoms with van der Waals surface area (Å²) in [4.78, 5) is 25.6. The number of hydrogen-bond acceptors (Lipinski definition) is 5. The minimum atomic E-state index is -0.0646. The molecule has 0 radical (unpaired) electrons. The Labute approximate surface area is 172 Å². The molecule has 4 rings (SSSR count). The van der Waals surface area contributed by atoms with E-state index in [0.29, 0.717) is 22.9 Å². The fourth-order valence-corrected chi connectivity index (χ4v) is 4.41. The molecule has 0 amide bonds. The molecule has 4 aromatic rings. The number of carbonyl (C=O) groups excluding carboxylic acids is 1. The summed E-state index contributed by atoms with van der Waals surface area (Å²) in [5.74, 6) is 0.818. The Hall–Kier alpha value is -2.93. The highest BCUT2D eigenvalue weighted by Gasteiger charge is 2.18. The van der Waals surface area contributed by atoms with Crippen LogP contribution in [0.1, 0.15) is 34.8 Å². The second-order valence-corrected chi connectivity index (χ2v) is 8.06. The summed E-state index contributed by atoms with van der Waals surface area (Å²) >= 11 is 1.34. The number of para-hydroxylation sites is 1. The number of carbonyl (C=O) groups is 1. The lowest BCUT2D eigenvalue weighted by atomic mass is 10.0. The van der Waals surface area contributed by atoms with E-state index in [1.54, 1.807) is 4.57 Å². The highest BCUT2D eigenvalue weighted by molar-refractivity contribution is 7.99. The first kappa shape index (κ1) is 19.4. The highest BCUT2D eigenvalue weighted by atomic mass is 32.2. The van der Waals surface area contributed by atoms with Crippen molar-refractivity contribution in [2.45, 2.75) is 38.9 Å². The van der Waals surface area contributed by atoms with Gasteiger partial charge in [0.2, 0.25) is 5.78 Å². The highest BCUT2D eigenvalue weighted by Crippen LogP contribution is 2.23. The van der Waals surface area contributed by atoms with E-state index < -0.39 is 0 Å². The van der Waals surface area contributed by atoms with Crippen molar-refractivity contribution in [2.24, 2.45) is 0 Å². The molecule has 6 nitrogen and oxygen atoms in total. The van der Waals surface area contributed by atoms with Crippen LogP contribution in [0, 0.1) is 13.8 Å². The Morgan fingerprint density at radius 2 is 1.90 bits per heavy atom. The summed E-state index contributed by atoms with van der Waals surface area (Å²) < 4.78 is 3.54. The van der Waals surface area contributed by atoms with Gasteiger partial charge in [-0.1, -0.05) is 54.6 Å². The van der Waals surface area contributed by atoms with Crippen LogP contribution in [-0.4, -0.2) is 30.7 Å². The minimum absolute atomic E-state index is 0.0513. The quantitative estimate of drug-likeness (QED) is 0.357. The summed E-state index contributed by atoms with van der Waals surface area (Å²) in [7, 11) is 0. The zero-order chi connectivity index (χ0) is 20.5. The van der Waals surface area contributed by atoms with E-state index in [-0.39, 0.29) is 17.1 Å². The standard InChI is InChI=1S/C22H22N4O2S/c1-4-11-25-20(28)17-7-5-6-8-18(17)26-21(25)23-24-22(26)29-13-19(27)16-10-9-14(2)12-15(16)3/h5-10,12H,4,11,13H2,1-3H3. The zero-order valence-electron chi connectivity index (χ0n) is 16.7. The van der Waals surface area contributed by atoms with Crippen LogP contribution in [0.15, 0.2) is 52.4 Å². The number of aryl methyl sites for hydroxylation is 3. The molecule has 2 aromatic carbocycles. The van der Waals surface area contributed by atoms with Crippen molar-refractivity contribution in [3.8, 4) is 0 Å². The number of Topliss-reactive ketones (excluding diaryl/α,β-unsaturated/α-hetero) is 1. The van der Waals surface area contributed by atoms with E-state index in [9.17, 15) is 9.59 Å². The predicted octanol–water partition coefficient (Wildman–Crippen LogP) is 4.05. The molecular weight excluding hydrogens is 384 g/mol. The molecule has 148 valence electrons. The molecule has 2 aromatic heterocycles. The van der Waals surface area contributed by atoms with Gasteiger partial charge in [-0.2, -0.15) is 0 Å². The van der Waals surface area contributed by atoms with Crippen molar-refractivity contribution in [3.05, 3.63) is 69.5 Å². The number of benzene rings is 2. The fourth-order valence-electron chi connectivity index (χ4n) is 3.59. The number of fused-ring (bicyclic) bond motifs is 3. The maximum atomic E-state index is 12.9. The van der Waals surface area contributed by atoms with E-state index in [4.69, 9.17) is 0 Å². The Kier molecular flexibility index (Phi) is 5.24. The molecule has 0 spiro atoms. The summed E-state index contributed by atoms with van der Waals surface area (Å²) in [5, 5.41) is 9.80. The molecule has 0 fully saturated rings. The largest absolute Gasteiger partial charge is 0.293 e. The van der Waals surface area contributed by atoms with Crippen LogP contribution in [-0.2, 0) is 6.54 Å². The van der Waals surface area contributed by atoms with Crippen molar-refractivity contribution in [1.82, 2.24) is 19.2 Å². The molecule has 29 heavy (non-hydrogen) atoms. The minimum Gasteiger partial charge on any atom is -0.293 e.